The number of aromatic nitrogens is 2. The highest BCUT2D eigenvalue weighted by molar-refractivity contribution is 5.82. The Morgan fingerprint density at radius 3 is 2.80 bits per heavy atom. The van der Waals surface area contributed by atoms with E-state index in [2.05, 4.69) is 4.98 Å². The van der Waals surface area contributed by atoms with Gasteiger partial charge in [-0.3, -0.25) is 4.79 Å². The third kappa shape index (κ3) is 2.07. The molecule has 1 aromatic carbocycles. The van der Waals surface area contributed by atoms with Crippen molar-refractivity contribution in [2.75, 3.05) is 0 Å². The van der Waals surface area contributed by atoms with Crippen molar-refractivity contribution in [1.82, 2.24) is 9.55 Å². The van der Waals surface area contributed by atoms with Crippen molar-refractivity contribution in [1.29, 1.82) is 0 Å². The van der Waals surface area contributed by atoms with Gasteiger partial charge in [0.15, 0.2) is 11.6 Å². The number of carboxylic acids is 1. The van der Waals surface area contributed by atoms with E-state index in [1.54, 1.807) is 4.57 Å². The van der Waals surface area contributed by atoms with Crippen LogP contribution in [0.4, 0.5) is 0 Å². The first-order chi connectivity index (χ1) is 9.69. The van der Waals surface area contributed by atoms with Crippen molar-refractivity contribution in [2.45, 2.75) is 19.9 Å². The maximum Gasteiger partial charge on any atom is 0.323 e. The Hall–Kier alpha value is -2.56. The Kier molecular flexibility index (Phi) is 3.02. The highest BCUT2D eigenvalue weighted by Gasteiger charge is 2.17. The summed E-state index contributed by atoms with van der Waals surface area (Å²) < 4.78 is 7.36. The number of aliphatic carboxylic acids is 1. The lowest BCUT2D eigenvalue weighted by Crippen LogP contribution is -2.09. The summed E-state index contributed by atoms with van der Waals surface area (Å²) in [5.41, 5.74) is 1.55. The molecule has 0 amide bonds. The fourth-order valence-corrected chi connectivity index (χ4v) is 2.25. The van der Waals surface area contributed by atoms with Gasteiger partial charge < -0.3 is 14.1 Å². The van der Waals surface area contributed by atoms with Gasteiger partial charge in [0.1, 0.15) is 12.3 Å². The average Bonchev–Trinajstić information content (AvgIpc) is 3.03. The standard InChI is InChI=1S/C15H14N2O3/c1-2-10-7-8-13(20-10)15-16-11-5-3-4-6-12(11)17(15)9-14(18)19/h3-8H,2,9H2,1H3,(H,18,19). The lowest BCUT2D eigenvalue weighted by Gasteiger charge is -2.04. The van der Waals surface area contributed by atoms with Crippen molar-refractivity contribution in [2.24, 2.45) is 0 Å². The van der Waals surface area contributed by atoms with Gasteiger partial charge >= 0.3 is 5.97 Å². The fourth-order valence-electron chi connectivity index (χ4n) is 2.25. The van der Waals surface area contributed by atoms with Crippen LogP contribution in [0.2, 0.25) is 0 Å². The van der Waals surface area contributed by atoms with E-state index in [1.807, 2.05) is 43.3 Å². The Morgan fingerprint density at radius 2 is 2.10 bits per heavy atom. The first kappa shape index (κ1) is 12.5. The smallest absolute Gasteiger partial charge is 0.323 e. The summed E-state index contributed by atoms with van der Waals surface area (Å²) in [7, 11) is 0. The molecule has 0 unspecified atom stereocenters. The summed E-state index contributed by atoms with van der Waals surface area (Å²) in [6.45, 7) is 1.86. The number of carbonyl (C=O) groups is 1. The van der Waals surface area contributed by atoms with E-state index in [0.717, 1.165) is 23.2 Å². The molecule has 3 aromatic rings. The molecule has 2 heterocycles. The lowest BCUT2D eigenvalue weighted by molar-refractivity contribution is -0.137. The first-order valence-electron chi connectivity index (χ1n) is 6.45. The molecule has 0 atom stereocenters. The van der Waals surface area contributed by atoms with Crippen molar-refractivity contribution in [3.8, 4) is 11.6 Å². The van der Waals surface area contributed by atoms with E-state index in [0.29, 0.717) is 11.6 Å². The zero-order valence-electron chi connectivity index (χ0n) is 11.0. The average molecular weight is 270 g/mol. The molecule has 0 radical (unpaired) electrons. The van der Waals surface area contributed by atoms with Crippen LogP contribution in [0.15, 0.2) is 40.8 Å². The van der Waals surface area contributed by atoms with Gasteiger partial charge in [-0.05, 0) is 24.3 Å². The van der Waals surface area contributed by atoms with Gasteiger partial charge in [-0.25, -0.2) is 4.98 Å². The predicted molar refractivity (Wildman–Crippen MR) is 74.4 cm³/mol. The van der Waals surface area contributed by atoms with Crippen LogP contribution in [0, 0.1) is 0 Å². The van der Waals surface area contributed by atoms with Crippen LogP contribution in [-0.2, 0) is 17.8 Å². The molecule has 1 N–H and O–H groups in total. The minimum atomic E-state index is -0.906. The maximum atomic E-state index is 11.1. The van der Waals surface area contributed by atoms with E-state index in [1.165, 1.54) is 0 Å². The molecule has 0 aliphatic rings. The second kappa shape index (κ2) is 4.85. The molecule has 102 valence electrons. The molecule has 0 aliphatic carbocycles. The summed E-state index contributed by atoms with van der Waals surface area (Å²) in [6.07, 6.45) is 0.791. The van der Waals surface area contributed by atoms with Crippen molar-refractivity contribution in [3.63, 3.8) is 0 Å². The van der Waals surface area contributed by atoms with Crippen molar-refractivity contribution in [3.05, 3.63) is 42.2 Å². The molecule has 0 spiro atoms. The van der Waals surface area contributed by atoms with Gasteiger partial charge in [-0.2, -0.15) is 0 Å². The number of imidazole rings is 1. The molecular weight excluding hydrogens is 256 g/mol. The number of para-hydroxylation sites is 2. The Bertz CT molecular complexity index is 770. The van der Waals surface area contributed by atoms with Crippen LogP contribution in [0.1, 0.15) is 12.7 Å². The van der Waals surface area contributed by atoms with Gasteiger partial charge in [0.25, 0.3) is 0 Å². The van der Waals surface area contributed by atoms with Gasteiger partial charge in [0.2, 0.25) is 0 Å². The molecule has 2 aromatic heterocycles. The second-order valence-electron chi connectivity index (χ2n) is 4.52. The summed E-state index contributed by atoms with van der Waals surface area (Å²) >= 11 is 0. The first-order valence-corrected chi connectivity index (χ1v) is 6.45. The van der Waals surface area contributed by atoms with Crippen LogP contribution in [0.3, 0.4) is 0 Å². The molecule has 3 rings (SSSR count). The van der Waals surface area contributed by atoms with Crippen LogP contribution in [-0.4, -0.2) is 20.6 Å². The predicted octanol–water partition coefficient (Wildman–Crippen LogP) is 2.94. The maximum absolute atomic E-state index is 11.1. The molecule has 0 fully saturated rings. The van der Waals surface area contributed by atoms with Crippen LogP contribution >= 0.6 is 0 Å². The zero-order valence-corrected chi connectivity index (χ0v) is 11.0. The molecule has 0 bridgehead atoms. The Morgan fingerprint density at radius 1 is 1.30 bits per heavy atom. The zero-order chi connectivity index (χ0) is 14.1. The quantitative estimate of drug-likeness (QED) is 0.791. The van der Waals surface area contributed by atoms with Gasteiger partial charge in [-0.15, -0.1) is 0 Å². The number of rotatable bonds is 4. The highest BCUT2D eigenvalue weighted by Crippen LogP contribution is 2.26. The van der Waals surface area contributed by atoms with E-state index in [4.69, 9.17) is 9.52 Å². The molecule has 0 saturated heterocycles. The van der Waals surface area contributed by atoms with Crippen LogP contribution in [0.5, 0.6) is 0 Å². The molecule has 0 saturated carbocycles. The molecule has 5 heteroatoms. The number of furan rings is 1. The minimum Gasteiger partial charge on any atom is -0.480 e. The van der Waals surface area contributed by atoms with Gasteiger partial charge in [-0.1, -0.05) is 19.1 Å². The summed E-state index contributed by atoms with van der Waals surface area (Å²) in [6, 6.07) is 11.2. The summed E-state index contributed by atoms with van der Waals surface area (Å²) in [4.78, 5) is 15.6. The third-order valence-corrected chi connectivity index (χ3v) is 3.18. The number of aryl methyl sites for hydroxylation is 1. The summed E-state index contributed by atoms with van der Waals surface area (Å²) in [5, 5.41) is 9.09. The Labute approximate surface area is 115 Å². The highest BCUT2D eigenvalue weighted by atomic mass is 16.4. The van der Waals surface area contributed by atoms with E-state index < -0.39 is 5.97 Å². The van der Waals surface area contributed by atoms with Gasteiger partial charge in [0.05, 0.1) is 11.0 Å². The number of carboxylic acid groups (broad SMARTS) is 1. The number of benzene rings is 1. The number of nitrogens with zero attached hydrogens (tertiary/aromatic N) is 2. The summed E-state index contributed by atoms with van der Waals surface area (Å²) in [5.74, 6) is 1.10. The SMILES string of the molecule is CCc1ccc(-c2nc3ccccc3n2CC(=O)O)o1. The third-order valence-electron chi connectivity index (χ3n) is 3.18. The fraction of sp³-hybridized carbons (Fsp3) is 0.200. The second-order valence-corrected chi connectivity index (χ2v) is 4.52. The lowest BCUT2D eigenvalue weighted by atomic mass is 10.3. The van der Waals surface area contributed by atoms with Gasteiger partial charge in [0, 0.05) is 6.42 Å². The monoisotopic (exact) mass is 270 g/mol. The van der Waals surface area contributed by atoms with Crippen LogP contribution in [0.25, 0.3) is 22.6 Å². The van der Waals surface area contributed by atoms with Crippen LogP contribution < -0.4 is 0 Å². The molecule has 20 heavy (non-hydrogen) atoms. The normalized spacial score (nSPS) is 11.1. The van der Waals surface area contributed by atoms with Crippen molar-refractivity contribution < 1.29 is 14.3 Å². The molecule has 0 aliphatic heterocycles. The van der Waals surface area contributed by atoms with E-state index in [-0.39, 0.29) is 6.54 Å². The minimum absolute atomic E-state index is 0.141. The van der Waals surface area contributed by atoms with E-state index in [9.17, 15) is 4.79 Å². The van der Waals surface area contributed by atoms with E-state index >= 15 is 0 Å². The largest absolute Gasteiger partial charge is 0.480 e. The topological polar surface area (TPSA) is 68.3 Å². The molecule has 5 nitrogen and oxygen atoms in total. The number of fused-ring (bicyclic) bond motifs is 1. The van der Waals surface area contributed by atoms with Crippen molar-refractivity contribution >= 4 is 17.0 Å². The Balaban J connectivity index is 2.20. The number of hydrogen-bond donors (Lipinski definition) is 1. The molecular formula is C15H14N2O3. The number of hydrogen-bond acceptors (Lipinski definition) is 3.